The minimum absolute atomic E-state index is 0.232. The van der Waals surface area contributed by atoms with E-state index in [1.165, 1.54) is 11.9 Å². The summed E-state index contributed by atoms with van der Waals surface area (Å²) in [6, 6.07) is 12.7. The summed E-state index contributed by atoms with van der Waals surface area (Å²) >= 11 is 1.50. The van der Waals surface area contributed by atoms with Crippen LogP contribution in [0.25, 0.3) is 0 Å². The first kappa shape index (κ1) is 17.1. The van der Waals surface area contributed by atoms with Gasteiger partial charge in [-0.1, -0.05) is 12.1 Å². The van der Waals surface area contributed by atoms with Gasteiger partial charge in [-0.3, -0.25) is 14.9 Å². The van der Waals surface area contributed by atoms with Crippen LogP contribution in [0.3, 0.4) is 0 Å². The molecule has 128 valence electrons. The SMILES string of the molecule is CC(C)NSc1ccc2c(c1)/C(=N/Nc1ccccc1N=O)C(=O)N2. The topological polar surface area (TPSA) is 94.9 Å². The van der Waals surface area contributed by atoms with Crippen molar-refractivity contribution in [3.63, 3.8) is 0 Å². The zero-order valence-electron chi connectivity index (χ0n) is 13.7. The maximum Gasteiger partial charge on any atom is 0.276 e. The standard InChI is InChI=1S/C17H17N5O2S/c1-10(2)22-25-11-7-8-13-12(9-11)16(17(23)18-13)20-19-14-5-3-4-6-15(14)21-24/h3-10,19,22H,1-2H3,(H,18,20,23). The van der Waals surface area contributed by atoms with Gasteiger partial charge in [0, 0.05) is 16.5 Å². The summed E-state index contributed by atoms with van der Waals surface area (Å²) < 4.78 is 3.26. The molecule has 2 aromatic rings. The average molecular weight is 355 g/mol. The molecule has 2 aromatic carbocycles. The van der Waals surface area contributed by atoms with Crippen LogP contribution in [-0.2, 0) is 4.79 Å². The van der Waals surface area contributed by atoms with Crippen LogP contribution >= 0.6 is 11.9 Å². The summed E-state index contributed by atoms with van der Waals surface area (Å²) in [5.41, 5.74) is 5.12. The Hall–Kier alpha value is -2.71. The van der Waals surface area contributed by atoms with Gasteiger partial charge >= 0.3 is 0 Å². The van der Waals surface area contributed by atoms with E-state index in [0.29, 0.717) is 23.0 Å². The molecule has 8 heteroatoms. The van der Waals surface area contributed by atoms with Gasteiger partial charge in [-0.25, -0.2) is 0 Å². The molecule has 1 amide bonds. The molecule has 1 aliphatic rings. The lowest BCUT2D eigenvalue weighted by Gasteiger charge is -2.08. The van der Waals surface area contributed by atoms with Gasteiger partial charge in [-0.05, 0) is 61.3 Å². The molecule has 3 N–H and O–H groups in total. The molecule has 7 nitrogen and oxygen atoms in total. The van der Waals surface area contributed by atoms with Crippen LogP contribution in [-0.4, -0.2) is 17.7 Å². The lowest BCUT2D eigenvalue weighted by atomic mass is 10.1. The number of amides is 1. The Bertz CT molecular complexity index is 851. The van der Waals surface area contributed by atoms with Crippen molar-refractivity contribution in [3.05, 3.63) is 52.9 Å². The summed E-state index contributed by atoms with van der Waals surface area (Å²) in [5, 5.41) is 9.91. The van der Waals surface area contributed by atoms with Crippen molar-refractivity contribution in [2.75, 3.05) is 10.7 Å². The lowest BCUT2D eigenvalue weighted by Crippen LogP contribution is -2.16. The van der Waals surface area contributed by atoms with Gasteiger partial charge in [-0.2, -0.15) is 5.10 Å². The van der Waals surface area contributed by atoms with Crippen molar-refractivity contribution in [3.8, 4) is 0 Å². The highest BCUT2D eigenvalue weighted by atomic mass is 32.2. The van der Waals surface area contributed by atoms with Crippen molar-refractivity contribution >= 4 is 40.6 Å². The molecule has 25 heavy (non-hydrogen) atoms. The molecule has 0 saturated carbocycles. The van der Waals surface area contributed by atoms with Gasteiger partial charge in [0.2, 0.25) is 0 Å². The van der Waals surface area contributed by atoms with E-state index in [0.717, 1.165) is 4.90 Å². The Labute approximate surface area is 149 Å². The number of hydrogen-bond donors (Lipinski definition) is 3. The second kappa shape index (κ2) is 7.45. The quantitative estimate of drug-likeness (QED) is 0.415. The Morgan fingerprint density at radius 3 is 2.72 bits per heavy atom. The Morgan fingerprint density at radius 2 is 1.96 bits per heavy atom. The number of nitrogens with one attached hydrogen (secondary N) is 3. The highest BCUT2D eigenvalue weighted by molar-refractivity contribution is 7.97. The minimum atomic E-state index is -0.294. The Balaban J connectivity index is 1.87. The lowest BCUT2D eigenvalue weighted by molar-refractivity contribution is -0.110. The van der Waals surface area contributed by atoms with Gasteiger partial charge in [-0.15, -0.1) is 4.91 Å². The molecule has 0 radical (unpaired) electrons. The maximum absolute atomic E-state index is 12.2. The van der Waals surface area contributed by atoms with Crippen molar-refractivity contribution in [2.45, 2.75) is 24.8 Å². The number of anilines is 2. The highest BCUT2D eigenvalue weighted by Crippen LogP contribution is 2.29. The van der Waals surface area contributed by atoms with E-state index in [1.54, 1.807) is 24.3 Å². The number of carbonyl (C=O) groups excluding carboxylic acids is 1. The molecule has 1 aliphatic heterocycles. The fourth-order valence-corrected chi connectivity index (χ4v) is 2.94. The first-order chi connectivity index (χ1) is 12.1. The molecule has 0 spiro atoms. The van der Waals surface area contributed by atoms with E-state index in [2.05, 4.69) is 39.6 Å². The fourth-order valence-electron chi connectivity index (χ4n) is 2.26. The first-order valence-electron chi connectivity index (χ1n) is 7.72. The molecular weight excluding hydrogens is 338 g/mol. The highest BCUT2D eigenvalue weighted by Gasteiger charge is 2.26. The second-order valence-corrected chi connectivity index (χ2v) is 6.63. The number of hydrazone groups is 1. The van der Waals surface area contributed by atoms with Gasteiger partial charge in [0.15, 0.2) is 5.71 Å². The van der Waals surface area contributed by atoms with Crippen LogP contribution in [0.15, 0.2) is 57.6 Å². The molecule has 0 unspecified atom stereocenters. The summed E-state index contributed by atoms with van der Waals surface area (Å²) in [5.74, 6) is -0.294. The number of nitroso groups, excluding NO2 is 1. The molecule has 1 heterocycles. The van der Waals surface area contributed by atoms with Crippen molar-refractivity contribution in [2.24, 2.45) is 10.3 Å². The van der Waals surface area contributed by atoms with Crippen LogP contribution in [0.2, 0.25) is 0 Å². The molecule has 0 aromatic heterocycles. The molecule has 0 atom stereocenters. The zero-order chi connectivity index (χ0) is 17.8. The van der Waals surface area contributed by atoms with Crippen LogP contribution in [0.4, 0.5) is 17.1 Å². The van der Waals surface area contributed by atoms with Crippen LogP contribution < -0.4 is 15.5 Å². The second-order valence-electron chi connectivity index (χ2n) is 5.72. The number of benzene rings is 2. The first-order valence-corrected chi connectivity index (χ1v) is 8.54. The summed E-state index contributed by atoms with van der Waals surface area (Å²) in [6.45, 7) is 4.11. The number of fused-ring (bicyclic) bond motifs is 1. The largest absolute Gasteiger partial charge is 0.320 e. The molecule has 0 bridgehead atoms. The fraction of sp³-hybridized carbons (Fsp3) is 0.176. The average Bonchev–Trinajstić information content (AvgIpc) is 2.93. The summed E-state index contributed by atoms with van der Waals surface area (Å²) in [4.78, 5) is 24.0. The molecule has 3 rings (SSSR count). The van der Waals surface area contributed by atoms with Gasteiger partial charge in [0.05, 0.1) is 11.4 Å². The number of nitrogens with zero attached hydrogens (tertiary/aromatic N) is 2. The Kier molecular flexibility index (Phi) is 5.11. The van der Waals surface area contributed by atoms with E-state index in [1.807, 2.05) is 18.2 Å². The molecule has 0 fully saturated rings. The van der Waals surface area contributed by atoms with E-state index >= 15 is 0 Å². The number of hydrogen-bond acceptors (Lipinski definition) is 7. The predicted octanol–water partition coefficient (Wildman–Crippen LogP) is 3.86. The summed E-state index contributed by atoms with van der Waals surface area (Å²) in [6.07, 6.45) is 0. The zero-order valence-corrected chi connectivity index (χ0v) is 14.6. The monoisotopic (exact) mass is 355 g/mol. The Morgan fingerprint density at radius 1 is 1.16 bits per heavy atom. The smallest absolute Gasteiger partial charge is 0.276 e. The minimum Gasteiger partial charge on any atom is -0.320 e. The third kappa shape index (κ3) is 3.86. The van der Waals surface area contributed by atoms with Crippen molar-refractivity contribution in [1.29, 1.82) is 0 Å². The summed E-state index contributed by atoms with van der Waals surface area (Å²) in [7, 11) is 0. The van der Waals surface area contributed by atoms with Crippen LogP contribution in [0.5, 0.6) is 0 Å². The van der Waals surface area contributed by atoms with Gasteiger partial charge in [0.1, 0.15) is 5.69 Å². The van der Waals surface area contributed by atoms with E-state index in [4.69, 9.17) is 0 Å². The van der Waals surface area contributed by atoms with Crippen LogP contribution in [0, 0.1) is 4.91 Å². The molecule has 0 aliphatic carbocycles. The third-order valence-electron chi connectivity index (χ3n) is 3.41. The van der Waals surface area contributed by atoms with Gasteiger partial charge in [0.25, 0.3) is 5.91 Å². The predicted molar refractivity (Wildman–Crippen MR) is 101 cm³/mol. The normalized spacial score (nSPS) is 14.5. The number of carbonyl (C=O) groups is 1. The van der Waals surface area contributed by atoms with Crippen molar-refractivity contribution in [1.82, 2.24) is 4.72 Å². The number of para-hydroxylation sites is 1. The molecule has 0 saturated heterocycles. The molecular formula is C17H17N5O2S. The number of rotatable bonds is 6. The van der Waals surface area contributed by atoms with Crippen molar-refractivity contribution < 1.29 is 4.79 Å². The van der Waals surface area contributed by atoms with E-state index in [-0.39, 0.29) is 17.3 Å². The maximum atomic E-state index is 12.2. The van der Waals surface area contributed by atoms with Gasteiger partial charge < -0.3 is 5.32 Å². The van der Waals surface area contributed by atoms with Crippen LogP contribution in [0.1, 0.15) is 19.4 Å². The third-order valence-corrected chi connectivity index (χ3v) is 4.49. The van der Waals surface area contributed by atoms with E-state index < -0.39 is 0 Å². The van der Waals surface area contributed by atoms with E-state index in [9.17, 15) is 9.70 Å².